The molecule has 0 radical (unpaired) electrons. The van der Waals surface area contributed by atoms with Crippen LogP contribution in [0.1, 0.15) is 22.6 Å². The SMILES string of the molecule is O=C(N[C@@H]1CCN(Cc2cscn2)C[C@H]1O)c1cn2cccnc2n1. The molecule has 4 heterocycles. The molecule has 1 aliphatic heterocycles. The van der Waals surface area contributed by atoms with Crippen LogP contribution in [0.2, 0.25) is 0 Å². The Morgan fingerprint density at radius 3 is 3.12 bits per heavy atom. The first-order valence-corrected chi connectivity index (χ1v) is 9.01. The Hall–Kier alpha value is -2.36. The van der Waals surface area contributed by atoms with Crippen LogP contribution < -0.4 is 5.32 Å². The molecule has 1 amide bonds. The summed E-state index contributed by atoms with van der Waals surface area (Å²) in [5, 5.41) is 15.3. The summed E-state index contributed by atoms with van der Waals surface area (Å²) < 4.78 is 1.70. The van der Waals surface area contributed by atoms with Crippen LogP contribution in [0.5, 0.6) is 0 Å². The first-order valence-electron chi connectivity index (χ1n) is 8.07. The van der Waals surface area contributed by atoms with Gasteiger partial charge in [0.05, 0.1) is 23.4 Å². The number of hydrogen-bond donors (Lipinski definition) is 2. The van der Waals surface area contributed by atoms with Crippen molar-refractivity contribution in [2.45, 2.75) is 25.1 Å². The number of β-amino-alcohol motifs (C(OH)–C–C–N with tert-alkyl or cyclic N) is 1. The molecule has 3 aromatic rings. The number of nitrogens with one attached hydrogen (secondary N) is 1. The Labute approximate surface area is 148 Å². The van der Waals surface area contributed by atoms with Crippen molar-refractivity contribution in [1.82, 2.24) is 29.6 Å². The summed E-state index contributed by atoms with van der Waals surface area (Å²) >= 11 is 1.57. The van der Waals surface area contributed by atoms with E-state index in [9.17, 15) is 9.90 Å². The third-order valence-electron chi connectivity index (χ3n) is 4.32. The van der Waals surface area contributed by atoms with Crippen LogP contribution in [0, 0.1) is 0 Å². The fraction of sp³-hybridized carbons (Fsp3) is 0.375. The summed E-state index contributed by atoms with van der Waals surface area (Å²) in [6.07, 6.45) is 5.12. The Morgan fingerprint density at radius 1 is 1.44 bits per heavy atom. The van der Waals surface area contributed by atoms with Crippen LogP contribution in [0.3, 0.4) is 0 Å². The highest BCUT2D eigenvalue weighted by Crippen LogP contribution is 2.15. The van der Waals surface area contributed by atoms with Crippen molar-refractivity contribution < 1.29 is 9.90 Å². The standard InChI is InChI=1S/C16H18N6O2S/c23-14-8-21(6-11-9-25-10-18-11)5-2-12(14)19-15(24)13-7-22-4-1-3-17-16(22)20-13/h1,3-4,7,9-10,12,14,23H,2,5-6,8H2,(H,19,24)/t12-,14-/m1/s1. The van der Waals surface area contributed by atoms with E-state index in [4.69, 9.17) is 0 Å². The monoisotopic (exact) mass is 358 g/mol. The number of aromatic nitrogens is 4. The Kier molecular flexibility index (Phi) is 4.43. The number of fused-ring (bicyclic) bond motifs is 1. The number of amides is 1. The van der Waals surface area contributed by atoms with Gasteiger partial charge in [0.15, 0.2) is 0 Å². The minimum absolute atomic E-state index is 0.281. The average molecular weight is 358 g/mol. The van der Waals surface area contributed by atoms with Crippen molar-refractivity contribution in [3.05, 3.63) is 46.9 Å². The number of aliphatic hydroxyl groups is 1. The summed E-state index contributed by atoms with van der Waals surface area (Å²) in [7, 11) is 0. The van der Waals surface area contributed by atoms with Crippen LogP contribution >= 0.6 is 11.3 Å². The molecule has 0 saturated carbocycles. The zero-order valence-corrected chi connectivity index (χ0v) is 14.3. The molecule has 130 valence electrons. The second-order valence-corrected chi connectivity index (χ2v) is 6.82. The lowest BCUT2D eigenvalue weighted by atomic mass is 10.0. The molecule has 9 heteroatoms. The molecule has 0 aromatic carbocycles. The maximum Gasteiger partial charge on any atom is 0.271 e. The lowest BCUT2D eigenvalue weighted by Crippen LogP contribution is -2.53. The Bertz CT molecular complexity index is 832. The van der Waals surface area contributed by atoms with Gasteiger partial charge in [-0.25, -0.2) is 15.0 Å². The molecular formula is C16H18N6O2S. The van der Waals surface area contributed by atoms with Crippen molar-refractivity contribution in [1.29, 1.82) is 0 Å². The fourth-order valence-corrected chi connectivity index (χ4v) is 3.59. The zero-order valence-electron chi connectivity index (χ0n) is 13.4. The molecule has 1 saturated heterocycles. The zero-order chi connectivity index (χ0) is 17.2. The predicted molar refractivity (Wildman–Crippen MR) is 92.3 cm³/mol. The maximum atomic E-state index is 12.4. The van der Waals surface area contributed by atoms with E-state index in [2.05, 4.69) is 25.2 Å². The van der Waals surface area contributed by atoms with Crippen LogP contribution in [-0.4, -0.2) is 60.5 Å². The molecule has 4 rings (SSSR count). The third-order valence-corrected chi connectivity index (χ3v) is 4.96. The Balaban J connectivity index is 1.37. The van der Waals surface area contributed by atoms with E-state index in [0.29, 0.717) is 24.4 Å². The van der Waals surface area contributed by atoms with Gasteiger partial charge in [0.25, 0.3) is 5.91 Å². The highest BCUT2D eigenvalue weighted by atomic mass is 32.1. The van der Waals surface area contributed by atoms with Crippen molar-refractivity contribution in [2.24, 2.45) is 0 Å². The first-order chi connectivity index (χ1) is 12.2. The van der Waals surface area contributed by atoms with Crippen molar-refractivity contribution in [2.75, 3.05) is 13.1 Å². The van der Waals surface area contributed by atoms with Crippen LogP contribution in [-0.2, 0) is 6.54 Å². The fourth-order valence-electron chi connectivity index (χ4n) is 3.04. The van der Waals surface area contributed by atoms with Gasteiger partial charge in [0.1, 0.15) is 5.69 Å². The van der Waals surface area contributed by atoms with E-state index in [0.717, 1.165) is 18.8 Å². The van der Waals surface area contributed by atoms with Gasteiger partial charge in [-0.15, -0.1) is 11.3 Å². The van der Waals surface area contributed by atoms with Gasteiger partial charge in [-0.2, -0.15) is 0 Å². The van der Waals surface area contributed by atoms with E-state index in [1.165, 1.54) is 0 Å². The molecule has 25 heavy (non-hydrogen) atoms. The van der Waals surface area contributed by atoms with Crippen LogP contribution in [0.15, 0.2) is 35.5 Å². The van der Waals surface area contributed by atoms with Gasteiger partial charge in [-0.05, 0) is 12.5 Å². The molecule has 0 unspecified atom stereocenters. The smallest absolute Gasteiger partial charge is 0.271 e. The van der Waals surface area contributed by atoms with Crippen LogP contribution in [0.4, 0.5) is 0 Å². The molecule has 3 aromatic heterocycles. The van der Waals surface area contributed by atoms with Gasteiger partial charge in [-0.3, -0.25) is 14.1 Å². The van der Waals surface area contributed by atoms with Gasteiger partial charge in [0.2, 0.25) is 5.78 Å². The first kappa shape index (κ1) is 16.1. The minimum Gasteiger partial charge on any atom is -0.390 e. The highest BCUT2D eigenvalue weighted by Gasteiger charge is 2.29. The number of piperidine rings is 1. The normalized spacial score (nSPS) is 21.5. The lowest BCUT2D eigenvalue weighted by molar-refractivity contribution is 0.0345. The largest absolute Gasteiger partial charge is 0.390 e. The Morgan fingerprint density at radius 2 is 2.36 bits per heavy atom. The quantitative estimate of drug-likeness (QED) is 0.707. The number of hydrogen-bond acceptors (Lipinski definition) is 7. The van der Waals surface area contributed by atoms with Crippen LogP contribution in [0.25, 0.3) is 5.78 Å². The molecule has 8 nitrogen and oxygen atoms in total. The van der Waals surface area contributed by atoms with E-state index in [1.54, 1.807) is 40.4 Å². The van der Waals surface area contributed by atoms with Crippen molar-refractivity contribution in [3.63, 3.8) is 0 Å². The molecule has 2 N–H and O–H groups in total. The summed E-state index contributed by atoms with van der Waals surface area (Å²) in [6.45, 7) is 2.03. The van der Waals surface area contributed by atoms with Gasteiger partial charge < -0.3 is 10.4 Å². The molecule has 1 fully saturated rings. The summed E-state index contributed by atoms with van der Waals surface area (Å²) in [4.78, 5) is 27.2. The van der Waals surface area contributed by atoms with E-state index in [-0.39, 0.29) is 11.9 Å². The van der Waals surface area contributed by atoms with E-state index < -0.39 is 6.10 Å². The summed E-state index contributed by atoms with van der Waals surface area (Å²) in [5.41, 5.74) is 3.12. The van der Waals surface area contributed by atoms with Gasteiger partial charge in [-0.1, -0.05) is 0 Å². The number of rotatable bonds is 4. The van der Waals surface area contributed by atoms with E-state index >= 15 is 0 Å². The van der Waals surface area contributed by atoms with Gasteiger partial charge >= 0.3 is 0 Å². The number of nitrogens with zero attached hydrogens (tertiary/aromatic N) is 5. The maximum absolute atomic E-state index is 12.4. The number of carbonyl (C=O) groups is 1. The van der Waals surface area contributed by atoms with E-state index in [1.807, 2.05) is 10.9 Å². The number of aliphatic hydroxyl groups excluding tert-OH is 1. The second-order valence-electron chi connectivity index (χ2n) is 6.10. The number of thiazole rings is 1. The third kappa shape index (κ3) is 3.53. The highest BCUT2D eigenvalue weighted by molar-refractivity contribution is 7.07. The molecule has 0 bridgehead atoms. The average Bonchev–Trinajstić information content (AvgIpc) is 3.26. The molecule has 0 spiro atoms. The number of carbonyl (C=O) groups excluding carboxylic acids is 1. The van der Waals surface area contributed by atoms with Crippen molar-refractivity contribution in [3.8, 4) is 0 Å². The molecule has 1 aliphatic rings. The topological polar surface area (TPSA) is 95.7 Å². The molecule has 2 atom stereocenters. The minimum atomic E-state index is -0.619. The van der Waals surface area contributed by atoms with Gasteiger partial charge in [0, 0.05) is 43.6 Å². The number of likely N-dealkylation sites (tertiary alicyclic amines) is 1. The predicted octanol–water partition coefficient (Wildman–Crippen LogP) is 0.551. The second kappa shape index (κ2) is 6.87. The summed E-state index contributed by atoms with van der Waals surface area (Å²) in [6, 6.07) is 1.50. The lowest BCUT2D eigenvalue weighted by Gasteiger charge is -2.35. The molecular weight excluding hydrogens is 340 g/mol. The molecule has 0 aliphatic carbocycles. The van der Waals surface area contributed by atoms with Crippen molar-refractivity contribution >= 4 is 23.0 Å². The summed E-state index contributed by atoms with van der Waals surface area (Å²) in [5.74, 6) is 0.189. The number of imidazole rings is 1.